The number of carbonyl (C=O) groups is 1. The normalized spacial score (nSPS) is 16.5. The van der Waals surface area contributed by atoms with Gasteiger partial charge in [-0.25, -0.2) is 8.78 Å². The summed E-state index contributed by atoms with van der Waals surface area (Å²) in [7, 11) is 0. The summed E-state index contributed by atoms with van der Waals surface area (Å²) >= 11 is 0. The number of anilines is 1. The van der Waals surface area contributed by atoms with Crippen LogP contribution in [0, 0.1) is 11.6 Å². The van der Waals surface area contributed by atoms with Crippen molar-refractivity contribution in [3.8, 4) is 0 Å². The van der Waals surface area contributed by atoms with Crippen LogP contribution in [0.1, 0.15) is 18.4 Å². The third-order valence-corrected chi connectivity index (χ3v) is 4.76. The molecule has 3 rings (SSSR count). The maximum Gasteiger partial charge on any atom is 0.321 e. The van der Waals surface area contributed by atoms with E-state index in [4.69, 9.17) is 0 Å². The number of hydrogen-bond acceptors (Lipinski definition) is 3. The molecule has 4 nitrogen and oxygen atoms in total. The molecule has 0 amide bonds. The highest BCUT2D eigenvalue weighted by atomic mass is 19.1. The van der Waals surface area contributed by atoms with E-state index >= 15 is 0 Å². The van der Waals surface area contributed by atoms with Crippen LogP contribution < -0.4 is 10.2 Å². The minimum absolute atomic E-state index is 0.0552. The van der Waals surface area contributed by atoms with Gasteiger partial charge in [-0.3, -0.25) is 4.79 Å². The number of carboxylic acid groups (broad SMARTS) is 1. The van der Waals surface area contributed by atoms with Gasteiger partial charge in [0.05, 0.1) is 5.69 Å². The molecule has 1 aliphatic heterocycles. The Balaban J connectivity index is 1.57. The first-order valence-electron chi connectivity index (χ1n) is 8.75. The second kappa shape index (κ2) is 8.27. The second-order valence-corrected chi connectivity index (χ2v) is 6.60. The van der Waals surface area contributed by atoms with Crippen molar-refractivity contribution in [3.63, 3.8) is 0 Å². The highest BCUT2D eigenvalue weighted by Crippen LogP contribution is 2.24. The monoisotopic (exact) mass is 360 g/mol. The van der Waals surface area contributed by atoms with Crippen molar-refractivity contribution in [1.82, 2.24) is 5.32 Å². The molecular weight excluding hydrogens is 338 g/mol. The molecule has 138 valence electrons. The lowest BCUT2D eigenvalue weighted by Crippen LogP contribution is -2.49. The van der Waals surface area contributed by atoms with Crippen molar-refractivity contribution in [3.05, 3.63) is 65.7 Å². The fraction of sp³-hybridized carbons (Fsp3) is 0.350. The molecule has 1 fully saturated rings. The average molecular weight is 360 g/mol. The van der Waals surface area contributed by atoms with E-state index in [9.17, 15) is 18.7 Å². The van der Waals surface area contributed by atoms with E-state index in [1.807, 2.05) is 35.2 Å². The third-order valence-electron chi connectivity index (χ3n) is 4.76. The van der Waals surface area contributed by atoms with E-state index in [1.165, 1.54) is 12.1 Å². The van der Waals surface area contributed by atoms with Gasteiger partial charge < -0.3 is 15.3 Å². The van der Waals surface area contributed by atoms with Crippen LogP contribution in [-0.2, 0) is 11.2 Å². The summed E-state index contributed by atoms with van der Waals surface area (Å²) < 4.78 is 27.0. The Bertz CT molecular complexity index is 747. The number of benzene rings is 2. The zero-order chi connectivity index (χ0) is 18.5. The summed E-state index contributed by atoms with van der Waals surface area (Å²) in [6.07, 6.45) is 1.83. The molecule has 1 aliphatic rings. The molecular formula is C20H22F2N2O2. The summed E-state index contributed by atoms with van der Waals surface area (Å²) in [5.41, 5.74) is 1.36. The van der Waals surface area contributed by atoms with Crippen LogP contribution >= 0.6 is 0 Å². The van der Waals surface area contributed by atoms with Gasteiger partial charge in [0.1, 0.15) is 17.7 Å². The van der Waals surface area contributed by atoms with Gasteiger partial charge in [-0.1, -0.05) is 30.3 Å². The molecule has 0 aromatic heterocycles. The number of halogens is 2. The molecule has 0 spiro atoms. The number of aliphatic carboxylic acids is 1. The first-order chi connectivity index (χ1) is 12.5. The second-order valence-electron chi connectivity index (χ2n) is 6.60. The van der Waals surface area contributed by atoms with E-state index in [0.717, 1.165) is 11.6 Å². The van der Waals surface area contributed by atoms with Gasteiger partial charge in [0.15, 0.2) is 0 Å². The van der Waals surface area contributed by atoms with E-state index in [1.54, 1.807) is 0 Å². The molecule has 1 heterocycles. The summed E-state index contributed by atoms with van der Waals surface area (Å²) in [6.45, 7) is 1.19. The quantitative estimate of drug-likeness (QED) is 0.831. The van der Waals surface area contributed by atoms with Crippen LogP contribution in [0.25, 0.3) is 0 Å². The third kappa shape index (κ3) is 4.58. The Labute approximate surface area is 151 Å². The first-order valence-corrected chi connectivity index (χ1v) is 8.75. The molecule has 2 N–H and O–H groups in total. The molecule has 0 radical (unpaired) electrons. The molecule has 2 aromatic carbocycles. The Kier molecular flexibility index (Phi) is 5.83. The summed E-state index contributed by atoms with van der Waals surface area (Å²) in [5, 5.41) is 12.7. The predicted molar refractivity (Wildman–Crippen MR) is 96.3 cm³/mol. The summed E-state index contributed by atoms with van der Waals surface area (Å²) in [4.78, 5) is 13.5. The van der Waals surface area contributed by atoms with Gasteiger partial charge in [-0.2, -0.15) is 0 Å². The zero-order valence-corrected chi connectivity index (χ0v) is 14.4. The topological polar surface area (TPSA) is 52.6 Å². The summed E-state index contributed by atoms with van der Waals surface area (Å²) in [6, 6.07) is 12.5. The molecule has 6 heteroatoms. The Morgan fingerprint density at radius 1 is 1.15 bits per heavy atom. The van der Waals surface area contributed by atoms with Gasteiger partial charge in [-0.15, -0.1) is 0 Å². The van der Waals surface area contributed by atoms with Crippen LogP contribution in [0.2, 0.25) is 0 Å². The Morgan fingerprint density at radius 3 is 2.46 bits per heavy atom. The minimum atomic E-state index is -0.874. The van der Waals surface area contributed by atoms with Gasteiger partial charge in [-0.05, 0) is 37.0 Å². The SMILES string of the molecule is O=C(O)[C@@H](Cc1ccccc1)NC1CCN(c2ccc(F)cc2F)CC1. The van der Waals surface area contributed by atoms with Crippen molar-refractivity contribution in [2.45, 2.75) is 31.3 Å². The van der Waals surface area contributed by atoms with Crippen molar-refractivity contribution in [1.29, 1.82) is 0 Å². The van der Waals surface area contributed by atoms with Gasteiger partial charge in [0.25, 0.3) is 0 Å². The lowest BCUT2D eigenvalue weighted by atomic mass is 10.00. The molecule has 2 aromatic rings. The number of piperidine rings is 1. The number of rotatable bonds is 6. The van der Waals surface area contributed by atoms with E-state index in [2.05, 4.69) is 5.32 Å². The van der Waals surface area contributed by atoms with Crippen molar-refractivity contribution in [2.75, 3.05) is 18.0 Å². The maximum absolute atomic E-state index is 13.9. The van der Waals surface area contributed by atoms with Gasteiger partial charge >= 0.3 is 5.97 Å². The number of nitrogens with zero attached hydrogens (tertiary/aromatic N) is 1. The lowest BCUT2D eigenvalue weighted by Gasteiger charge is -2.35. The smallest absolute Gasteiger partial charge is 0.321 e. The first kappa shape index (κ1) is 18.3. The average Bonchev–Trinajstić information content (AvgIpc) is 2.63. The fourth-order valence-electron chi connectivity index (χ4n) is 3.38. The van der Waals surface area contributed by atoms with Crippen LogP contribution in [0.15, 0.2) is 48.5 Å². The Hall–Kier alpha value is -2.47. The van der Waals surface area contributed by atoms with Gasteiger partial charge in [0, 0.05) is 25.2 Å². The molecule has 0 aliphatic carbocycles. The van der Waals surface area contributed by atoms with Crippen molar-refractivity contribution < 1.29 is 18.7 Å². The molecule has 1 atom stereocenters. The molecule has 0 bridgehead atoms. The Morgan fingerprint density at radius 2 is 1.85 bits per heavy atom. The predicted octanol–water partition coefficient (Wildman–Crippen LogP) is 3.22. The van der Waals surface area contributed by atoms with Crippen LogP contribution in [0.5, 0.6) is 0 Å². The fourth-order valence-corrected chi connectivity index (χ4v) is 3.38. The molecule has 1 saturated heterocycles. The molecule has 0 saturated carbocycles. The summed E-state index contributed by atoms with van der Waals surface area (Å²) in [5.74, 6) is -2.03. The minimum Gasteiger partial charge on any atom is -0.480 e. The van der Waals surface area contributed by atoms with Gasteiger partial charge in [0.2, 0.25) is 0 Å². The number of hydrogen-bond donors (Lipinski definition) is 2. The van der Waals surface area contributed by atoms with E-state index in [0.29, 0.717) is 38.0 Å². The number of nitrogens with one attached hydrogen (secondary N) is 1. The lowest BCUT2D eigenvalue weighted by molar-refractivity contribution is -0.139. The molecule has 0 unspecified atom stereocenters. The standard InChI is InChI=1S/C20H22F2N2O2/c21-15-6-7-19(17(22)13-15)24-10-8-16(9-11-24)23-18(20(25)26)12-14-4-2-1-3-5-14/h1-7,13,16,18,23H,8-12H2,(H,25,26)/t18-/m1/s1. The van der Waals surface area contributed by atoms with E-state index in [-0.39, 0.29) is 6.04 Å². The van der Waals surface area contributed by atoms with Crippen LogP contribution in [0.4, 0.5) is 14.5 Å². The van der Waals surface area contributed by atoms with Crippen LogP contribution in [-0.4, -0.2) is 36.2 Å². The highest BCUT2D eigenvalue weighted by molar-refractivity contribution is 5.74. The zero-order valence-electron chi connectivity index (χ0n) is 14.4. The van der Waals surface area contributed by atoms with E-state index < -0.39 is 23.6 Å². The highest BCUT2D eigenvalue weighted by Gasteiger charge is 2.26. The van der Waals surface area contributed by atoms with Crippen molar-refractivity contribution >= 4 is 11.7 Å². The number of carboxylic acids is 1. The van der Waals surface area contributed by atoms with Crippen molar-refractivity contribution in [2.24, 2.45) is 0 Å². The van der Waals surface area contributed by atoms with Crippen LogP contribution in [0.3, 0.4) is 0 Å². The molecule has 26 heavy (non-hydrogen) atoms. The largest absolute Gasteiger partial charge is 0.480 e. The maximum atomic E-state index is 13.9.